The summed E-state index contributed by atoms with van der Waals surface area (Å²) in [6, 6.07) is 14.1. The van der Waals surface area contributed by atoms with Crippen LogP contribution in [-0.2, 0) is 27.4 Å². The van der Waals surface area contributed by atoms with Crippen molar-refractivity contribution in [3.8, 4) is 5.75 Å². The average molecular weight is 384 g/mol. The van der Waals surface area contributed by atoms with Crippen LogP contribution in [0, 0.1) is 0 Å². The fraction of sp³-hybridized carbons (Fsp3) is 0.250. The lowest BCUT2D eigenvalue weighted by atomic mass is 10.2. The van der Waals surface area contributed by atoms with Crippen molar-refractivity contribution in [2.45, 2.75) is 13.1 Å². The number of benzene rings is 2. The maximum atomic E-state index is 12.3. The van der Waals surface area contributed by atoms with Crippen molar-refractivity contribution < 1.29 is 23.5 Å². The van der Waals surface area contributed by atoms with E-state index in [-0.39, 0.29) is 12.5 Å². The number of aromatic nitrogens is 1. The number of hydrogen-bond acceptors (Lipinski definition) is 6. The first-order chi connectivity index (χ1) is 13.5. The number of carbonyl (C=O) groups excluding carboxylic acids is 2. The predicted octanol–water partition coefficient (Wildman–Crippen LogP) is 1.80. The van der Waals surface area contributed by atoms with E-state index in [9.17, 15) is 14.4 Å². The Morgan fingerprint density at radius 2 is 1.82 bits per heavy atom. The van der Waals surface area contributed by atoms with Crippen LogP contribution < -0.4 is 10.5 Å². The van der Waals surface area contributed by atoms with Crippen molar-refractivity contribution in [3.05, 3.63) is 64.6 Å². The SMILES string of the molecule is COc1ccccc1CN(C)C(=O)COC(=O)Cn1c(=O)oc2ccccc21. The monoisotopic (exact) mass is 384 g/mol. The molecular formula is C20H20N2O6. The number of carbonyl (C=O) groups is 2. The van der Waals surface area contributed by atoms with Gasteiger partial charge in [-0.25, -0.2) is 4.79 Å². The van der Waals surface area contributed by atoms with E-state index < -0.39 is 18.3 Å². The first-order valence-corrected chi connectivity index (χ1v) is 8.59. The lowest BCUT2D eigenvalue weighted by molar-refractivity contribution is -0.152. The molecule has 146 valence electrons. The van der Waals surface area contributed by atoms with E-state index in [4.69, 9.17) is 13.9 Å². The standard InChI is InChI=1S/C20H20N2O6/c1-21(11-14-7-3-5-9-16(14)26-2)18(23)13-27-19(24)12-22-15-8-4-6-10-17(15)28-20(22)25/h3-10H,11-13H2,1-2H3. The molecule has 8 heteroatoms. The Bertz CT molecular complexity index is 1050. The molecule has 28 heavy (non-hydrogen) atoms. The van der Waals surface area contributed by atoms with Crippen molar-refractivity contribution in [1.29, 1.82) is 0 Å². The highest BCUT2D eigenvalue weighted by Crippen LogP contribution is 2.18. The molecule has 0 bridgehead atoms. The van der Waals surface area contributed by atoms with Gasteiger partial charge < -0.3 is 18.8 Å². The molecule has 0 spiro atoms. The van der Waals surface area contributed by atoms with Gasteiger partial charge in [-0.1, -0.05) is 30.3 Å². The molecule has 0 aliphatic carbocycles. The summed E-state index contributed by atoms with van der Waals surface area (Å²) >= 11 is 0. The number of rotatable bonds is 7. The number of esters is 1. The molecule has 2 aromatic carbocycles. The molecule has 1 heterocycles. The first-order valence-electron chi connectivity index (χ1n) is 8.59. The van der Waals surface area contributed by atoms with Crippen molar-refractivity contribution in [2.24, 2.45) is 0 Å². The summed E-state index contributed by atoms with van der Waals surface area (Å²) in [7, 11) is 3.17. The third-order valence-corrected chi connectivity index (χ3v) is 4.24. The maximum absolute atomic E-state index is 12.3. The van der Waals surface area contributed by atoms with Crippen LogP contribution in [0.3, 0.4) is 0 Å². The Balaban J connectivity index is 1.57. The molecule has 1 aromatic heterocycles. The minimum absolute atomic E-state index is 0.312. The number of likely N-dealkylation sites (N-methyl/N-ethyl adjacent to an activating group) is 1. The predicted molar refractivity (Wildman–Crippen MR) is 101 cm³/mol. The Morgan fingerprint density at radius 1 is 1.11 bits per heavy atom. The third-order valence-electron chi connectivity index (χ3n) is 4.24. The zero-order valence-corrected chi connectivity index (χ0v) is 15.6. The zero-order chi connectivity index (χ0) is 20.1. The van der Waals surface area contributed by atoms with Gasteiger partial charge in [0.2, 0.25) is 0 Å². The minimum Gasteiger partial charge on any atom is -0.496 e. The summed E-state index contributed by atoms with van der Waals surface area (Å²) in [6.07, 6.45) is 0. The van der Waals surface area contributed by atoms with Gasteiger partial charge in [0.05, 0.1) is 12.6 Å². The highest BCUT2D eigenvalue weighted by atomic mass is 16.5. The number of ether oxygens (including phenoxy) is 2. The number of fused-ring (bicyclic) bond motifs is 1. The van der Waals surface area contributed by atoms with Gasteiger partial charge >= 0.3 is 11.7 Å². The Morgan fingerprint density at radius 3 is 2.61 bits per heavy atom. The van der Waals surface area contributed by atoms with Gasteiger partial charge in [0.15, 0.2) is 12.2 Å². The van der Waals surface area contributed by atoms with Gasteiger partial charge in [-0.15, -0.1) is 0 Å². The Kier molecular flexibility index (Phi) is 5.78. The van der Waals surface area contributed by atoms with Crippen molar-refractivity contribution >= 4 is 23.0 Å². The number of hydrogen-bond donors (Lipinski definition) is 0. The fourth-order valence-electron chi connectivity index (χ4n) is 2.77. The second kappa shape index (κ2) is 8.43. The van der Waals surface area contributed by atoms with Crippen LogP contribution in [0.25, 0.3) is 11.1 Å². The molecule has 0 N–H and O–H groups in total. The highest BCUT2D eigenvalue weighted by Gasteiger charge is 2.17. The van der Waals surface area contributed by atoms with E-state index in [0.717, 1.165) is 5.56 Å². The maximum Gasteiger partial charge on any atom is 0.420 e. The van der Waals surface area contributed by atoms with Crippen LogP contribution in [-0.4, -0.2) is 42.1 Å². The van der Waals surface area contributed by atoms with Crippen molar-refractivity contribution in [3.63, 3.8) is 0 Å². The van der Waals surface area contributed by atoms with E-state index in [0.29, 0.717) is 23.4 Å². The van der Waals surface area contributed by atoms with E-state index in [2.05, 4.69) is 0 Å². The number of nitrogens with zero attached hydrogens (tertiary/aromatic N) is 2. The van der Waals surface area contributed by atoms with Crippen LogP contribution in [0.15, 0.2) is 57.7 Å². The van der Waals surface area contributed by atoms with Crippen molar-refractivity contribution in [2.75, 3.05) is 20.8 Å². The fourth-order valence-corrected chi connectivity index (χ4v) is 2.77. The molecule has 0 unspecified atom stereocenters. The topological polar surface area (TPSA) is 91.0 Å². The second-order valence-corrected chi connectivity index (χ2v) is 6.14. The van der Waals surface area contributed by atoms with Gasteiger partial charge in [-0.2, -0.15) is 0 Å². The molecule has 0 radical (unpaired) electrons. The molecule has 0 aliphatic heterocycles. The van der Waals surface area contributed by atoms with E-state index in [1.54, 1.807) is 44.5 Å². The third kappa shape index (κ3) is 4.22. The van der Waals surface area contributed by atoms with E-state index in [1.165, 1.54) is 9.47 Å². The van der Waals surface area contributed by atoms with Gasteiger partial charge in [0.25, 0.3) is 5.91 Å². The smallest absolute Gasteiger partial charge is 0.420 e. The highest BCUT2D eigenvalue weighted by molar-refractivity contribution is 5.81. The van der Waals surface area contributed by atoms with E-state index >= 15 is 0 Å². The molecule has 3 rings (SSSR count). The number of amides is 1. The average Bonchev–Trinajstić information content (AvgIpc) is 3.01. The summed E-state index contributed by atoms with van der Waals surface area (Å²) in [5.74, 6) is -1.06. The number of para-hydroxylation sites is 3. The van der Waals surface area contributed by atoms with Crippen molar-refractivity contribution in [1.82, 2.24) is 9.47 Å². The van der Waals surface area contributed by atoms with E-state index in [1.807, 2.05) is 18.2 Å². The van der Waals surface area contributed by atoms with Crippen LogP contribution >= 0.6 is 0 Å². The molecule has 0 saturated carbocycles. The summed E-state index contributed by atoms with van der Waals surface area (Å²) in [6.45, 7) is -0.444. The lowest BCUT2D eigenvalue weighted by Gasteiger charge is -2.18. The largest absolute Gasteiger partial charge is 0.496 e. The van der Waals surface area contributed by atoms with Crippen LogP contribution in [0.1, 0.15) is 5.56 Å². The van der Waals surface area contributed by atoms with Gasteiger partial charge in [-0.3, -0.25) is 14.2 Å². The quantitative estimate of drug-likeness (QED) is 0.577. The summed E-state index contributed by atoms with van der Waals surface area (Å²) in [5, 5.41) is 0. The zero-order valence-electron chi connectivity index (χ0n) is 15.6. The van der Waals surface area contributed by atoms with Crippen LogP contribution in [0.5, 0.6) is 5.75 Å². The molecule has 3 aromatic rings. The Hall–Kier alpha value is -3.55. The minimum atomic E-state index is -0.701. The van der Waals surface area contributed by atoms with Gasteiger partial charge in [0, 0.05) is 19.2 Å². The molecular weight excluding hydrogens is 364 g/mol. The van der Waals surface area contributed by atoms with Crippen LogP contribution in [0.4, 0.5) is 0 Å². The van der Waals surface area contributed by atoms with Gasteiger partial charge in [-0.05, 0) is 18.2 Å². The Labute approximate surface area is 160 Å². The lowest BCUT2D eigenvalue weighted by Crippen LogP contribution is -2.32. The molecule has 0 fully saturated rings. The number of methoxy groups -OCH3 is 1. The molecule has 0 saturated heterocycles. The molecule has 8 nitrogen and oxygen atoms in total. The van der Waals surface area contributed by atoms with Gasteiger partial charge in [0.1, 0.15) is 12.3 Å². The summed E-state index contributed by atoms with van der Waals surface area (Å²) < 4.78 is 16.5. The molecule has 0 aliphatic rings. The normalized spacial score (nSPS) is 10.6. The second-order valence-electron chi connectivity index (χ2n) is 6.14. The van der Waals surface area contributed by atoms with Crippen LogP contribution in [0.2, 0.25) is 0 Å². The molecule has 0 atom stereocenters. The summed E-state index contributed by atoms with van der Waals surface area (Å²) in [4.78, 5) is 37.7. The first kappa shape index (κ1) is 19.2. The number of oxazole rings is 1. The molecule has 1 amide bonds. The summed E-state index contributed by atoms with van der Waals surface area (Å²) in [5.41, 5.74) is 1.71.